The van der Waals surface area contributed by atoms with E-state index in [-0.39, 0.29) is 0 Å². The fourth-order valence-electron chi connectivity index (χ4n) is 2.67. The second kappa shape index (κ2) is 4.78. The number of carbonyl (C=O) groups is 1. The lowest BCUT2D eigenvalue weighted by Crippen LogP contribution is -2.32. The van der Waals surface area contributed by atoms with Gasteiger partial charge in [-0.25, -0.2) is 4.79 Å². The zero-order valence-corrected chi connectivity index (χ0v) is 10.4. The molecule has 0 bridgehead atoms. The van der Waals surface area contributed by atoms with Crippen molar-refractivity contribution in [1.82, 2.24) is 0 Å². The maximum Gasteiger partial charge on any atom is 0.335 e. The highest BCUT2D eigenvalue weighted by molar-refractivity contribution is 5.88. The molecule has 1 aromatic carbocycles. The molecule has 0 radical (unpaired) electrons. The van der Waals surface area contributed by atoms with Gasteiger partial charge >= 0.3 is 5.97 Å². The minimum atomic E-state index is -0.839. The molecule has 1 heterocycles. The van der Waals surface area contributed by atoms with E-state index >= 15 is 0 Å². The molecule has 0 aliphatic carbocycles. The van der Waals surface area contributed by atoms with Crippen LogP contribution in [0.5, 0.6) is 0 Å². The number of benzene rings is 1. The molecular formula is C14H19NO2. The number of fused-ring (bicyclic) bond motifs is 1. The van der Waals surface area contributed by atoms with E-state index in [1.54, 1.807) is 6.07 Å². The molecule has 1 aliphatic heterocycles. The molecule has 2 rings (SSSR count). The van der Waals surface area contributed by atoms with Crippen LogP contribution < -0.4 is 4.90 Å². The van der Waals surface area contributed by atoms with Gasteiger partial charge < -0.3 is 10.0 Å². The molecule has 0 spiro atoms. The van der Waals surface area contributed by atoms with Crippen molar-refractivity contribution in [1.29, 1.82) is 0 Å². The molecule has 92 valence electrons. The van der Waals surface area contributed by atoms with E-state index in [1.807, 2.05) is 12.1 Å². The largest absolute Gasteiger partial charge is 0.478 e. The summed E-state index contributed by atoms with van der Waals surface area (Å²) in [6.45, 7) is 5.43. The molecule has 17 heavy (non-hydrogen) atoms. The second-order valence-electron chi connectivity index (χ2n) is 4.56. The molecule has 0 saturated heterocycles. The minimum absolute atomic E-state index is 0.398. The third-order valence-electron chi connectivity index (χ3n) is 3.64. The number of aromatic carboxylic acids is 1. The highest BCUT2D eigenvalue weighted by atomic mass is 16.4. The van der Waals surface area contributed by atoms with Crippen molar-refractivity contribution >= 4 is 11.7 Å². The highest BCUT2D eigenvalue weighted by Gasteiger charge is 2.24. The first-order valence-corrected chi connectivity index (χ1v) is 6.30. The SMILES string of the molecule is CCC(CC)N1CCc2cc(C(=O)O)ccc21. The summed E-state index contributed by atoms with van der Waals surface area (Å²) in [6.07, 6.45) is 3.24. The van der Waals surface area contributed by atoms with Crippen molar-refractivity contribution in [2.24, 2.45) is 0 Å². The third-order valence-corrected chi connectivity index (χ3v) is 3.64. The van der Waals surface area contributed by atoms with Crippen LogP contribution in [-0.4, -0.2) is 23.7 Å². The molecule has 0 fully saturated rings. The Labute approximate surface area is 102 Å². The van der Waals surface area contributed by atoms with Gasteiger partial charge in [-0.3, -0.25) is 0 Å². The molecule has 0 atom stereocenters. The number of hydrogen-bond donors (Lipinski definition) is 1. The average Bonchev–Trinajstić information content (AvgIpc) is 2.74. The zero-order chi connectivity index (χ0) is 12.4. The number of rotatable bonds is 4. The average molecular weight is 233 g/mol. The molecular weight excluding hydrogens is 214 g/mol. The third kappa shape index (κ3) is 2.14. The van der Waals surface area contributed by atoms with Crippen molar-refractivity contribution in [2.45, 2.75) is 39.2 Å². The number of hydrogen-bond acceptors (Lipinski definition) is 2. The van der Waals surface area contributed by atoms with Gasteiger partial charge in [-0.05, 0) is 43.0 Å². The Kier molecular flexibility index (Phi) is 3.36. The number of nitrogens with zero attached hydrogens (tertiary/aromatic N) is 1. The van der Waals surface area contributed by atoms with E-state index in [0.29, 0.717) is 11.6 Å². The quantitative estimate of drug-likeness (QED) is 0.869. The summed E-state index contributed by atoms with van der Waals surface area (Å²) in [5, 5.41) is 8.97. The van der Waals surface area contributed by atoms with Gasteiger partial charge in [-0.15, -0.1) is 0 Å². The minimum Gasteiger partial charge on any atom is -0.478 e. The number of carboxylic acid groups (broad SMARTS) is 1. The molecule has 1 N–H and O–H groups in total. The Bertz CT molecular complexity index is 424. The Hall–Kier alpha value is -1.51. The van der Waals surface area contributed by atoms with Gasteiger partial charge in [-0.2, -0.15) is 0 Å². The van der Waals surface area contributed by atoms with Gasteiger partial charge in [0.05, 0.1) is 5.56 Å². The smallest absolute Gasteiger partial charge is 0.335 e. The maximum atomic E-state index is 10.9. The Morgan fingerprint density at radius 2 is 2.12 bits per heavy atom. The lowest BCUT2D eigenvalue weighted by Gasteiger charge is -2.28. The fraction of sp³-hybridized carbons (Fsp3) is 0.500. The van der Waals surface area contributed by atoms with Crippen LogP contribution in [0.15, 0.2) is 18.2 Å². The van der Waals surface area contributed by atoms with Gasteiger partial charge in [-0.1, -0.05) is 13.8 Å². The van der Waals surface area contributed by atoms with Crippen LogP contribution >= 0.6 is 0 Å². The van der Waals surface area contributed by atoms with Crippen LogP contribution in [0.1, 0.15) is 42.6 Å². The topological polar surface area (TPSA) is 40.5 Å². The van der Waals surface area contributed by atoms with E-state index in [1.165, 1.54) is 11.3 Å². The van der Waals surface area contributed by atoms with Crippen LogP contribution in [0.4, 0.5) is 5.69 Å². The predicted molar refractivity (Wildman–Crippen MR) is 68.8 cm³/mol. The first-order valence-electron chi connectivity index (χ1n) is 6.30. The molecule has 0 saturated carbocycles. The lowest BCUT2D eigenvalue weighted by atomic mass is 10.1. The summed E-state index contributed by atoms with van der Waals surface area (Å²) in [5.41, 5.74) is 2.80. The van der Waals surface area contributed by atoms with Crippen molar-refractivity contribution in [3.63, 3.8) is 0 Å². The van der Waals surface area contributed by atoms with E-state index in [0.717, 1.165) is 25.8 Å². The summed E-state index contributed by atoms with van der Waals surface area (Å²) in [7, 11) is 0. The van der Waals surface area contributed by atoms with E-state index < -0.39 is 5.97 Å². The Morgan fingerprint density at radius 3 is 2.71 bits per heavy atom. The Morgan fingerprint density at radius 1 is 1.41 bits per heavy atom. The van der Waals surface area contributed by atoms with Crippen LogP contribution in [0.25, 0.3) is 0 Å². The predicted octanol–water partition coefficient (Wildman–Crippen LogP) is 2.94. The van der Waals surface area contributed by atoms with Gasteiger partial charge in [0.1, 0.15) is 0 Å². The maximum absolute atomic E-state index is 10.9. The van der Waals surface area contributed by atoms with Gasteiger partial charge in [0.2, 0.25) is 0 Å². The molecule has 1 aromatic rings. The first kappa shape index (κ1) is 12.0. The summed E-state index contributed by atoms with van der Waals surface area (Å²) < 4.78 is 0. The van der Waals surface area contributed by atoms with Gasteiger partial charge in [0.15, 0.2) is 0 Å². The van der Waals surface area contributed by atoms with Crippen molar-refractivity contribution < 1.29 is 9.90 Å². The van der Waals surface area contributed by atoms with E-state index in [2.05, 4.69) is 18.7 Å². The standard InChI is InChI=1S/C14H19NO2/c1-3-12(4-2)15-8-7-10-9-11(14(16)17)5-6-13(10)15/h5-6,9,12H,3-4,7-8H2,1-2H3,(H,16,17). The molecule has 0 unspecified atom stereocenters. The van der Waals surface area contributed by atoms with Crippen LogP contribution in [0, 0.1) is 0 Å². The number of carboxylic acids is 1. The van der Waals surface area contributed by atoms with Crippen LogP contribution in [0.3, 0.4) is 0 Å². The van der Waals surface area contributed by atoms with Crippen molar-refractivity contribution in [2.75, 3.05) is 11.4 Å². The summed E-state index contributed by atoms with van der Waals surface area (Å²) in [4.78, 5) is 13.3. The van der Waals surface area contributed by atoms with Crippen molar-refractivity contribution in [3.05, 3.63) is 29.3 Å². The molecule has 3 nitrogen and oxygen atoms in total. The van der Waals surface area contributed by atoms with Gasteiger partial charge in [0.25, 0.3) is 0 Å². The molecule has 1 aliphatic rings. The Balaban J connectivity index is 2.30. The van der Waals surface area contributed by atoms with Crippen molar-refractivity contribution in [3.8, 4) is 0 Å². The summed E-state index contributed by atoms with van der Waals surface area (Å²) >= 11 is 0. The normalized spacial score (nSPS) is 14.2. The van der Waals surface area contributed by atoms with Crippen LogP contribution in [0.2, 0.25) is 0 Å². The zero-order valence-electron chi connectivity index (χ0n) is 10.4. The van der Waals surface area contributed by atoms with Gasteiger partial charge in [0, 0.05) is 18.3 Å². The monoisotopic (exact) mass is 233 g/mol. The fourth-order valence-corrected chi connectivity index (χ4v) is 2.67. The molecule has 0 amide bonds. The molecule has 0 aromatic heterocycles. The molecule has 3 heteroatoms. The summed E-state index contributed by atoms with van der Waals surface area (Å²) in [5.74, 6) is -0.839. The van der Waals surface area contributed by atoms with E-state index in [4.69, 9.17) is 5.11 Å². The second-order valence-corrected chi connectivity index (χ2v) is 4.56. The first-order chi connectivity index (χ1) is 8.17. The van der Waals surface area contributed by atoms with Crippen LogP contribution in [-0.2, 0) is 6.42 Å². The number of anilines is 1. The summed E-state index contributed by atoms with van der Waals surface area (Å²) in [6, 6.07) is 6.07. The van der Waals surface area contributed by atoms with E-state index in [9.17, 15) is 4.79 Å². The highest BCUT2D eigenvalue weighted by Crippen LogP contribution is 2.32. The lowest BCUT2D eigenvalue weighted by molar-refractivity contribution is 0.0697.